The minimum atomic E-state index is -0.281. The monoisotopic (exact) mass is 259 g/mol. The summed E-state index contributed by atoms with van der Waals surface area (Å²) in [5.74, 6) is 0. The minimum absolute atomic E-state index is 0.281. The Hall–Kier alpha value is 0.137. The van der Waals surface area contributed by atoms with Crippen molar-refractivity contribution in [3.8, 4) is 0 Å². The molecule has 0 aliphatic rings. The van der Waals surface area contributed by atoms with Crippen LogP contribution in [0.4, 0.5) is 0 Å². The maximum atomic E-state index is 5.43. The Morgan fingerprint density at radius 2 is 1.24 bits per heavy atom. The molecule has 0 unspecified atom stereocenters. The van der Waals surface area contributed by atoms with E-state index >= 15 is 0 Å². The summed E-state index contributed by atoms with van der Waals surface area (Å²) in [5, 5.41) is 0.503. The van der Waals surface area contributed by atoms with Gasteiger partial charge in [-0.2, -0.15) is 0 Å². The van der Waals surface area contributed by atoms with Gasteiger partial charge in [0.05, 0.1) is 8.80 Å². The standard InChI is InChI=1S/C14H31O2Si/c1-6-15-10-8-12-17(14(3,4)5)13-9-11-16-7-2/h6-13H2,1-5H3. The second-order valence-corrected chi connectivity index (χ2v) is 9.16. The van der Waals surface area contributed by atoms with E-state index in [0.29, 0.717) is 5.04 Å². The Bertz CT molecular complexity index is 154. The van der Waals surface area contributed by atoms with Crippen LogP contribution >= 0.6 is 0 Å². The number of ether oxygens (including phenoxy) is 2. The van der Waals surface area contributed by atoms with E-state index in [1.54, 1.807) is 0 Å². The highest BCUT2D eigenvalue weighted by atomic mass is 28.3. The first-order valence-electron chi connectivity index (χ1n) is 7.03. The fourth-order valence-electron chi connectivity index (χ4n) is 1.94. The largest absolute Gasteiger partial charge is 0.382 e. The molecule has 0 aromatic heterocycles. The fourth-order valence-corrected chi connectivity index (χ4v) is 4.83. The lowest BCUT2D eigenvalue weighted by molar-refractivity contribution is 0.146. The van der Waals surface area contributed by atoms with Crippen molar-refractivity contribution in [3.63, 3.8) is 0 Å². The average molecular weight is 259 g/mol. The third-order valence-electron chi connectivity index (χ3n) is 3.00. The van der Waals surface area contributed by atoms with Crippen LogP contribution in [0.5, 0.6) is 0 Å². The number of hydrogen-bond donors (Lipinski definition) is 0. The third kappa shape index (κ3) is 9.80. The number of hydrogen-bond acceptors (Lipinski definition) is 2. The molecular formula is C14H31O2Si. The predicted octanol–water partition coefficient (Wildman–Crippen LogP) is 4.13. The first-order chi connectivity index (χ1) is 8.02. The van der Waals surface area contributed by atoms with E-state index in [9.17, 15) is 0 Å². The average Bonchev–Trinajstić information content (AvgIpc) is 2.25. The van der Waals surface area contributed by atoms with Gasteiger partial charge in [-0.25, -0.2) is 0 Å². The first-order valence-corrected chi connectivity index (χ1v) is 8.94. The smallest absolute Gasteiger partial charge is 0.0538 e. The van der Waals surface area contributed by atoms with Crippen LogP contribution in [0.1, 0.15) is 47.5 Å². The van der Waals surface area contributed by atoms with E-state index in [4.69, 9.17) is 9.47 Å². The van der Waals surface area contributed by atoms with Crippen LogP contribution in [0.3, 0.4) is 0 Å². The molecule has 0 N–H and O–H groups in total. The lowest BCUT2D eigenvalue weighted by Crippen LogP contribution is -2.26. The summed E-state index contributed by atoms with van der Waals surface area (Å²) in [7, 11) is -0.281. The van der Waals surface area contributed by atoms with Gasteiger partial charge in [0, 0.05) is 26.4 Å². The first kappa shape index (κ1) is 17.1. The molecule has 0 rings (SSSR count). The van der Waals surface area contributed by atoms with E-state index in [1.807, 2.05) is 0 Å². The summed E-state index contributed by atoms with van der Waals surface area (Å²) in [5.41, 5.74) is 0. The van der Waals surface area contributed by atoms with Gasteiger partial charge in [-0.1, -0.05) is 32.9 Å². The zero-order valence-electron chi connectivity index (χ0n) is 12.5. The van der Waals surface area contributed by atoms with Crippen molar-refractivity contribution in [1.82, 2.24) is 0 Å². The molecule has 0 atom stereocenters. The summed E-state index contributed by atoms with van der Waals surface area (Å²) in [4.78, 5) is 0. The van der Waals surface area contributed by atoms with E-state index in [0.717, 1.165) is 26.4 Å². The van der Waals surface area contributed by atoms with Crippen LogP contribution in [0.25, 0.3) is 0 Å². The van der Waals surface area contributed by atoms with Crippen molar-refractivity contribution >= 4 is 8.80 Å². The third-order valence-corrected chi connectivity index (χ3v) is 7.04. The highest BCUT2D eigenvalue weighted by molar-refractivity contribution is 6.62. The van der Waals surface area contributed by atoms with Crippen LogP contribution in [0, 0.1) is 0 Å². The lowest BCUT2D eigenvalue weighted by atomic mass is 10.2. The molecule has 103 valence electrons. The van der Waals surface area contributed by atoms with Gasteiger partial charge in [0.25, 0.3) is 0 Å². The summed E-state index contributed by atoms with van der Waals surface area (Å²) in [6.07, 6.45) is 2.46. The van der Waals surface area contributed by atoms with Gasteiger partial charge < -0.3 is 9.47 Å². The molecule has 2 nitrogen and oxygen atoms in total. The van der Waals surface area contributed by atoms with Gasteiger partial charge in [-0.05, 0) is 31.7 Å². The maximum absolute atomic E-state index is 5.43. The fraction of sp³-hybridized carbons (Fsp3) is 1.00. The Kier molecular flexibility index (Phi) is 10.2. The topological polar surface area (TPSA) is 18.5 Å². The van der Waals surface area contributed by atoms with Crippen molar-refractivity contribution in [1.29, 1.82) is 0 Å². The van der Waals surface area contributed by atoms with Crippen LogP contribution in [-0.4, -0.2) is 35.2 Å². The van der Waals surface area contributed by atoms with Gasteiger partial charge in [0.2, 0.25) is 0 Å². The molecule has 1 radical (unpaired) electrons. The van der Waals surface area contributed by atoms with Crippen LogP contribution in [0.15, 0.2) is 0 Å². The molecule has 0 saturated carbocycles. The van der Waals surface area contributed by atoms with Crippen molar-refractivity contribution in [2.24, 2.45) is 0 Å². The Morgan fingerprint density at radius 3 is 1.53 bits per heavy atom. The summed E-state index contributed by atoms with van der Waals surface area (Å²) < 4.78 is 10.9. The molecule has 3 heteroatoms. The summed E-state index contributed by atoms with van der Waals surface area (Å²) in [6.45, 7) is 14.9. The van der Waals surface area contributed by atoms with Gasteiger partial charge in [0.15, 0.2) is 0 Å². The molecular weight excluding hydrogens is 228 g/mol. The Morgan fingerprint density at radius 1 is 0.824 bits per heavy atom. The van der Waals surface area contributed by atoms with Crippen LogP contribution in [0.2, 0.25) is 17.1 Å². The maximum Gasteiger partial charge on any atom is 0.0538 e. The van der Waals surface area contributed by atoms with Gasteiger partial charge in [-0.3, -0.25) is 0 Å². The normalized spacial score (nSPS) is 12.4. The summed E-state index contributed by atoms with van der Waals surface area (Å²) >= 11 is 0. The number of rotatable bonds is 10. The second kappa shape index (κ2) is 10.1. The zero-order chi connectivity index (χ0) is 13.1. The van der Waals surface area contributed by atoms with E-state index in [1.165, 1.54) is 24.9 Å². The quantitative estimate of drug-likeness (QED) is 0.434. The SMILES string of the molecule is CCOCCC[Si](CCCOCC)C(C)(C)C. The Labute approximate surface area is 110 Å². The molecule has 0 amide bonds. The van der Waals surface area contributed by atoms with E-state index < -0.39 is 0 Å². The predicted molar refractivity (Wildman–Crippen MR) is 77.3 cm³/mol. The molecule has 0 aromatic carbocycles. The van der Waals surface area contributed by atoms with E-state index in [-0.39, 0.29) is 8.80 Å². The van der Waals surface area contributed by atoms with Crippen molar-refractivity contribution in [2.75, 3.05) is 26.4 Å². The molecule has 0 aliphatic carbocycles. The molecule has 0 heterocycles. The van der Waals surface area contributed by atoms with Gasteiger partial charge in [0.1, 0.15) is 0 Å². The molecule has 17 heavy (non-hydrogen) atoms. The second-order valence-electron chi connectivity index (χ2n) is 5.45. The van der Waals surface area contributed by atoms with Crippen molar-refractivity contribution < 1.29 is 9.47 Å². The highest BCUT2D eigenvalue weighted by Crippen LogP contribution is 2.33. The van der Waals surface area contributed by atoms with Gasteiger partial charge in [-0.15, -0.1) is 0 Å². The molecule has 0 bridgehead atoms. The molecule has 0 spiro atoms. The highest BCUT2D eigenvalue weighted by Gasteiger charge is 2.25. The van der Waals surface area contributed by atoms with Crippen molar-refractivity contribution in [3.05, 3.63) is 0 Å². The zero-order valence-corrected chi connectivity index (χ0v) is 13.5. The van der Waals surface area contributed by atoms with Crippen LogP contribution in [-0.2, 0) is 9.47 Å². The summed E-state index contributed by atoms with van der Waals surface area (Å²) in [6, 6.07) is 2.75. The van der Waals surface area contributed by atoms with Gasteiger partial charge >= 0.3 is 0 Å². The molecule has 0 saturated heterocycles. The Balaban J connectivity index is 3.81. The van der Waals surface area contributed by atoms with Crippen LogP contribution < -0.4 is 0 Å². The molecule has 0 aliphatic heterocycles. The molecule has 0 aromatic rings. The van der Waals surface area contributed by atoms with E-state index in [2.05, 4.69) is 34.6 Å². The molecule has 0 fully saturated rings. The van der Waals surface area contributed by atoms with Crippen molar-refractivity contribution in [2.45, 2.75) is 64.6 Å². The minimum Gasteiger partial charge on any atom is -0.382 e. The lowest BCUT2D eigenvalue weighted by Gasteiger charge is -2.29.